The van der Waals surface area contributed by atoms with Gasteiger partial charge in [-0.05, 0) is 85.4 Å². The number of rotatable bonds is 3. The number of aromatic nitrogens is 1. The van der Waals surface area contributed by atoms with Gasteiger partial charge in [0.25, 0.3) is 0 Å². The summed E-state index contributed by atoms with van der Waals surface area (Å²) in [6, 6.07) is 0. The molecule has 0 aromatic carbocycles. The number of ether oxygens (including phenoxy) is 2. The highest BCUT2D eigenvalue weighted by Gasteiger charge is 2.69. The summed E-state index contributed by atoms with van der Waals surface area (Å²) in [6.45, 7) is 17.6. The first-order valence-electron chi connectivity index (χ1n) is 15.1. The largest absolute Gasteiger partial charge is 0.386 e. The Morgan fingerprint density at radius 1 is 0.974 bits per heavy atom. The lowest BCUT2D eigenvalue weighted by atomic mass is 9.38. The van der Waals surface area contributed by atoms with Gasteiger partial charge in [0.05, 0.1) is 12.8 Å². The Kier molecular flexibility index (Phi) is 6.85. The van der Waals surface area contributed by atoms with Crippen molar-refractivity contribution in [1.82, 2.24) is 5.16 Å². The van der Waals surface area contributed by atoms with Crippen LogP contribution in [0.25, 0.3) is 0 Å². The van der Waals surface area contributed by atoms with Crippen LogP contribution in [0.1, 0.15) is 117 Å². The minimum atomic E-state index is -0.936. The SMILES string of the molecule is COC[C@@]1(C)CCC(C)(C)CC[C@@]2(O)[C@H](OC)C=C3[C@@]4(C)Cc5cnoc5[C@@H](C)[C@@H]4CC[C@@]3(C)[C@]2(C)CC1. The Hall–Kier alpha value is -1.17. The number of aliphatic hydroxyl groups is 1. The van der Waals surface area contributed by atoms with Crippen molar-refractivity contribution in [2.75, 3.05) is 20.8 Å². The second kappa shape index (κ2) is 9.17. The van der Waals surface area contributed by atoms with Gasteiger partial charge in [0.2, 0.25) is 0 Å². The van der Waals surface area contributed by atoms with Crippen LogP contribution in [0.5, 0.6) is 0 Å². The molecule has 1 aromatic rings. The minimum Gasteiger partial charge on any atom is -0.386 e. The zero-order chi connectivity index (χ0) is 27.8. The highest BCUT2D eigenvalue weighted by molar-refractivity contribution is 5.42. The first kappa shape index (κ1) is 28.4. The molecule has 4 aliphatic rings. The fourth-order valence-electron chi connectivity index (χ4n) is 9.78. The van der Waals surface area contributed by atoms with Crippen LogP contribution in [0.15, 0.2) is 22.4 Å². The molecule has 5 heteroatoms. The molecule has 214 valence electrons. The van der Waals surface area contributed by atoms with Gasteiger partial charge in [-0.15, -0.1) is 0 Å². The molecule has 1 heterocycles. The van der Waals surface area contributed by atoms with Crippen molar-refractivity contribution < 1.29 is 19.1 Å². The maximum absolute atomic E-state index is 13.0. The van der Waals surface area contributed by atoms with Crippen LogP contribution in [0, 0.1) is 33.0 Å². The van der Waals surface area contributed by atoms with Crippen LogP contribution in [-0.4, -0.2) is 42.8 Å². The average Bonchev–Trinajstić information content (AvgIpc) is 3.32. The molecule has 8 atom stereocenters. The lowest BCUT2D eigenvalue weighted by molar-refractivity contribution is -0.220. The number of hydrogen-bond acceptors (Lipinski definition) is 5. The summed E-state index contributed by atoms with van der Waals surface area (Å²) in [7, 11) is 3.63. The summed E-state index contributed by atoms with van der Waals surface area (Å²) in [6.07, 6.45) is 13.2. The molecule has 0 saturated heterocycles. The van der Waals surface area contributed by atoms with Gasteiger partial charge >= 0.3 is 0 Å². The molecular formula is C33H53NO4. The molecule has 0 unspecified atom stereocenters. The van der Waals surface area contributed by atoms with Crippen LogP contribution >= 0.6 is 0 Å². The quantitative estimate of drug-likeness (QED) is 0.413. The van der Waals surface area contributed by atoms with E-state index >= 15 is 0 Å². The molecule has 4 aliphatic carbocycles. The Labute approximate surface area is 231 Å². The number of methoxy groups -OCH3 is 2. The van der Waals surface area contributed by atoms with Crippen molar-refractivity contribution in [2.24, 2.45) is 33.0 Å². The van der Waals surface area contributed by atoms with Gasteiger partial charge in [0.15, 0.2) is 0 Å². The first-order chi connectivity index (χ1) is 17.7. The Morgan fingerprint density at radius 3 is 2.34 bits per heavy atom. The number of nitrogens with zero attached hydrogens (tertiary/aromatic N) is 1. The minimum absolute atomic E-state index is 0.0173. The molecule has 2 fully saturated rings. The highest BCUT2D eigenvalue weighted by atomic mass is 16.5. The molecule has 5 rings (SSSR count). The first-order valence-corrected chi connectivity index (χ1v) is 15.1. The van der Waals surface area contributed by atoms with Crippen molar-refractivity contribution in [1.29, 1.82) is 0 Å². The van der Waals surface area contributed by atoms with E-state index in [0.29, 0.717) is 11.8 Å². The van der Waals surface area contributed by atoms with E-state index in [-0.39, 0.29) is 33.2 Å². The van der Waals surface area contributed by atoms with E-state index in [1.165, 1.54) is 11.1 Å². The molecular weight excluding hydrogens is 474 g/mol. The molecule has 0 bridgehead atoms. The third-order valence-electron chi connectivity index (χ3n) is 12.8. The van der Waals surface area contributed by atoms with Crippen LogP contribution in [0.4, 0.5) is 0 Å². The molecule has 2 saturated carbocycles. The maximum Gasteiger partial charge on any atom is 0.143 e. The van der Waals surface area contributed by atoms with Crippen molar-refractivity contribution in [2.45, 2.75) is 124 Å². The molecule has 5 nitrogen and oxygen atoms in total. The predicted molar refractivity (Wildman–Crippen MR) is 151 cm³/mol. The third kappa shape index (κ3) is 3.92. The van der Waals surface area contributed by atoms with Gasteiger partial charge in [-0.25, -0.2) is 0 Å². The lowest BCUT2D eigenvalue weighted by Crippen LogP contribution is -2.68. The molecule has 0 aliphatic heterocycles. The molecule has 0 amide bonds. The van der Waals surface area contributed by atoms with E-state index < -0.39 is 5.60 Å². The lowest BCUT2D eigenvalue weighted by Gasteiger charge is -2.68. The second-order valence-corrected chi connectivity index (χ2v) is 15.5. The monoisotopic (exact) mass is 527 g/mol. The second-order valence-electron chi connectivity index (χ2n) is 15.5. The van der Waals surface area contributed by atoms with Crippen LogP contribution in [-0.2, 0) is 15.9 Å². The average molecular weight is 528 g/mol. The summed E-state index contributed by atoms with van der Waals surface area (Å²) < 4.78 is 17.8. The molecule has 0 spiro atoms. The van der Waals surface area contributed by atoms with E-state index in [4.69, 9.17) is 14.0 Å². The van der Waals surface area contributed by atoms with Gasteiger partial charge in [0.1, 0.15) is 17.5 Å². The van der Waals surface area contributed by atoms with Crippen molar-refractivity contribution >= 4 is 0 Å². The zero-order valence-electron chi connectivity index (χ0n) is 25.6. The van der Waals surface area contributed by atoms with Gasteiger partial charge in [-0.3, -0.25) is 0 Å². The summed E-state index contributed by atoms with van der Waals surface area (Å²) in [5.41, 5.74) is 1.58. The van der Waals surface area contributed by atoms with Crippen LogP contribution in [0.2, 0.25) is 0 Å². The Morgan fingerprint density at radius 2 is 1.66 bits per heavy atom. The maximum atomic E-state index is 13.0. The summed E-state index contributed by atoms with van der Waals surface area (Å²) in [4.78, 5) is 0. The smallest absolute Gasteiger partial charge is 0.143 e. The van der Waals surface area contributed by atoms with E-state index in [1.807, 2.05) is 13.3 Å². The van der Waals surface area contributed by atoms with Gasteiger partial charge in [-0.2, -0.15) is 0 Å². The van der Waals surface area contributed by atoms with E-state index in [9.17, 15) is 5.11 Å². The number of fused-ring (bicyclic) bond motifs is 6. The zero-order valence-corrected chi connectivity index (χ0v) is 25.6. The van der Waals surface area contributed by atoms with Gasteiger partial charge < -0.3 is 19.1 Å². The summed E-state index contributed by atoms with van der Waals surface area (Å²) in [5.74, 6) is 1.91. The number of allylic oxidation sites excluding steroid dienone is 1. The number of hydrogen-bond donors (Lipinski definition) is 1. The summed E-state index contributed by atoms with van der Waals surface area (Å²) in [5, 5.41) is 17.2. The van der Waals surface area contributed by atoms with Crippen molar-refractivity contribution in [3.05, 3.63) is 29.2 Å². The Balaban J connectivity index is 1.67. The van der Waals surface area contributed by atoms with E-state index in [1.54, 1.807) is 7.11 Å². The van der Waals surface area contributed by atoms with E-state index in [0.717, 1.165) is 70.2 Å². The standard InChI is InChI=1S/C33H53NO4/c1-22-24-10-11-31(6)25(30(24,5)19-23-20-34-38-27(22)23)18-26(37-9)33(35)17-13-28(2,3)12-14-29(4,21-36-8)15-16-32(31,33)7/h18,20,22,24,26,35H,10-17,19,21H2,1-9H3/t22-,24-,26+,29-,30-,31+,32-,33+/m0/s1. The molecule has 1 N–H and O–H groups in total. The van der Waals surface area contributed by atoms with Crippen molar-refractivity contribution in [3.63, 3.8) is 0 Å². The molecule has 0 radical (unpaired) electrons. The third-order valence-corrected chi connectivity index (χ3v) is 12.8. The summed E-state index contributed by atoms with van der Waals surface area (Å²) >= 11 is 0. The van der Waals surface area contributed by atoms with Crippen LogP contribution < -0.4 is 0 Å². The fraction of sp³-hybridized carbons (Fsp3) is 0.848. The van der Waals surface area contributed by atoms with E-state index in [2.05, 4.69) is 59.7 Å². The van der Waals surface area contributed by atoms with Gasteiger partial charge in [-0.1, -0.05) is 65.3 Å². The van der Waals surface area contributed by atoms with Gasteiger partial charge in [0, 0.05) is 31.1 Å². The predicted octanol–water partition coefficient (Wildman–Crippen LogP) is 7.48. The fourth-order valence-corrected chi connectivity index (χ4v) is 9.78. The van der Waals surface area contributed by atoms with Crippen LogP contribution in [0.3, 0.4) is 0 Å². The Bertz CT molecular complexity index is 1080. The van der Waals surface area contributed by atoms with Crippen molar-refractivity contribution in [3.8, 4) is 0 Å². The normalized spacial score (nSPS) is 46.7. The highest BCUT2D eigenvalue weighted by Crippen LogP contribution is 2.72. The topological polar surface area (TPSA) is 64.7 Å². The molecule has 1 aromatic heterocycles. The molecule has 38 heavy (non-hydrogen) atoms.